The first-order valence-corrected chi connectivity index (χ1v) is 6.45. The maximum Gasteiger partial charge on any atom is 0.128 e. The van der Waals surface area contributed by atoms with Crippen molar-refractivity contribution < 1.29 is 0 Å². The van der Waals surface area contributed by atoms with Gasteiger partial charge in [-0.25, -0.2) is 0 Å². The molecular weight excluding hydrogens is 222 g/mol. The summed E-state index contributed by atoms with van der Waals surface area (Å²) in [6.07, 6.45) is 0. The number of hydrogen-bond acceptors (Lipinski definition) is 2. The van der Waals surface area contributed by atoms with Crippen LogP contribution in [0, 0.1) is 10.8 Å². The predicted molar refractivity (Wildman–Crippen MR) is 76.0 cm³/mol. The van der Waals surface area contributed by atoms with Crippen molar-refractivity contribution in [2.75, 3.05) is 27.2 Å². The topological polar surface area (TPSA) is 30.3 Å². The van der Waals surface area contributed by atoms with E-state index in [4.69, 9.17) is 5.41 Å². The van der Waals surface area contributed by atoms with Gasteiger partial charge in [0.05, 0.1) is 0 Å². The van der Waals surface area contributed by atoms with Crippen LogP contribution in [0.2, 0.25) is 0 Å². The summed E-state index contributed by atoms with van der Waals surface area (Å²) in [5.74, 6) is 0.678. The van der Waals surface area contributed by atoms with E-state index in [1.807, 2.05) is 6.07 Å². The molecular formula is C15H23N3. The fraction of sp³-hybridized carbons (Fsp3) is 0.533. The van der Waals surface area contributed by atoms with Crippen molar-refractivity contribution in [3.8, 4) is 0 Å². The molecule has 0 aromatic heterocycles. The Kier molecular flexibility index (Phi) is 3.44. The van der Waals surface area contributed by atoms with E-state index >= 15 is 0 Å². The molecule has 1 aromatic rings. The van der Waals surface area contributed by atoms with Gasteiger partial charge in [-0.3, -0.25) is 5.41 Å². The molecule has 0 atom stereocenters. The van der Waals surface area contributed by atoms with Crippen LogP contribution in [0.15, 0.2) is 24.3 Å². The predicted octanol–water partition coefficient (Wildman–Crippen LogP) is 2.42. The molecule has 3 heteroatoms. The average molecular weight is 245 g/mol. The molecule has 98 valence electrons. The Morgan fingerprint density at radius 3 is 2.56 bits per heavy atom. The summed E-state index contributed by atoms with van der Waals surface area (Å²) in [5, 5.41) is 8.26. The van der Waals surface area contributed by atoms with Gasteiger partial charge in [0.15, 0.2) is 0 Å². The van der Waals surface area contributed by atoms with Crippen LogP contribution in [-0.4, -0.2) is 42.8 Å². The van der Waals surface area contributed by atoms with Crippen LogP contribution in [-0.2, 0) is 6.54 Å². The lowest BCUT2D eigenvalue weighted by Crippen LogP contribution is -2.40. The molecule has 0 saturated carbocycles. The molecule has 0 radical (unpaired) electrons. The minimum atomic E-state index is 0.192. The van der Waals surface area contributed by atoms with Gasteiger partial charge in [-0.1, -0.05) is 38.1 Å². The van der Waals surface area contributed by atoms with Gasteiger partial charge in [-0.2, -0.15) is 0 Å². The molecule has 1 N–H and O–H groups in total. The van der Waals surface area contributed by atoms with E-state index in [2.05, 4.69) is 55.9 Å². The third-order valence-corrected chi connectivity index (χ3v) is 3.31. The lowest BCUT2D eigenvalue weighted by Gasteiger charge is -2.33. The Balaban J connectivity index is 2.08. The SMILES string of the molecule is CN(C)CC(C)(C)CN1Cc2ccccc2C1=N. The summed E-state index contributed by atoms with van der Waals surface area (Å²) < 4.78 is 0. The van der Waals surface area contributed by atoms with Crippen molar-refractivity contribution in [2.45, 2.75) is 20.4 Å². The molecule has 2 rings (SSSR count). The Morgan fingerprint density at radius 2 is 1.94 bits per heavy atom. The van der Waals surface area contributed by atoms with E-state index in [0.29, 0.717) is 5.84 Å². The molecule has 1 heterocycles. The Bertz CT molecular complexity index is 449. The first kappa shape index (κ1) is 13.1. The van der Waals surface area contributed by atoms with Crippen molar-refractivity contribution in [3.63, 3.8) is 0 Å². The highest BCUT2D eigenvalue weighted by molar-refractivity contribution is 6.00. The zero-order valence-corrected chi connectivity index (χ0v) is 11.8. The zero-order valence-electron chi connectivity index (χ0n) is 11.8. The van der Waals surface area contributed by atoms with Gasteiger partial charge < -0.3 is 9.80 Å². The fourth-order valence-corrected chi connectivity index (χ4v) is 2.90. The van der Waals surface area contributed by atoms with Crippen molar-refractivity contribution in [3.05, 3.63) is 35.4 Å². The number of benzene rings is 1. The second kappa shape index (κ2) is 4.73. The molecule has 1 aliphatic heterocycles. The number of nitrogens with zero attached hydrogens (tertiary/aromatic N) is 2. The second-order valence-electron chi connectivity index (χ2n) is 6.26. The van der Waals surface area contributed by atoms with Crippen molar-refractivity contribution in [1.82, 2.24) is 9.80 Å². The highest BCUT2D eigenvalue weighted by atomic mass is 15.2. The lowest BCUT2D eigenvalue weighted by atomic mass is 9.92. The monoisotopic (exact) mass is 245 g/mol. The molecule has 3 nitrogen and oxygen atoms in total. The van der Waals surface area contributed by atoms with Gasteiger partial charge in [-0.05, 0) is 25.1 Å². The van der Waals surface area contributed by atoms with E-state index in [1.54, 1.807) is 0 Å². The Labute approximate surface area is 110 Å². The minimum absolute atomic E-state index is 0.192. The maximum absolute atomic E-state index is 8.26. The fourth-order valence-electron chi connectivity index (χ4n) is 2.90. The summed E-state index contributed by atoms with van der Waals surface area (Å²) >= 11 is 0. The van der Waals surface area contributed by atoms with Crippen molar-refractivity contribution in [1.29, 1.82) is 5.41 Å². The molecule has 0 bridgehead atoms. The van der Waals surface area contributed by atoms with Gasteiger partial charge in [0, 0.05) is 25.2 Å². The van der Waals surface area contributed by atoms with Crippen molar-refractivity contribution in [2.24, 2.45) is 5.41 Å². The van der Waals surface area contributed by atoms with Crippen LogP contribution in [0.4, 0.5) is 0 Å². The Hall–Kier alpha value is -1.35. The quantitative estimate of drug-likeness (QED) is 0.883. The summed E-state index contributed by atoms with van der Waals surface area (Å²) in [6.45, 7) is 7.38. The average Bonchev–Trinajstić information content (AvgIpc) is 2.54. The third kappa shape index (κ3) is 2.72. The first-order chi connectivity index (χ1) is 8.39. The summed E-state index contributed by atoms with van der Waals surface area (Å²) in [7, 11) is 4.21. The van der Waals surface area contributed by atoms with Crippen molar-refractivity contribution >= 4 is 5.84 Å². The van der Waals surface area contributed by atoms with Crippen LogP contribution >= 0.6 is 0 Å². The van der Waals surface area contributed by atoms with Crippen LogP contribution in [0.1, 0.15) is 25.0 Å². The van der Waals surface area contributed by atoms with E-state index in [0.717, 1.165) is 25.2 Å². The minimum Gasteiger partial charge on any atom is -0.352 e. The molecule has 0 fully saturated rings. The summed E-state index contributed by atoms with van der Waals surface area (Å²) in [5.41, 5.74) is 2.57. The second-order valence-corrected chi connectivity index (χ2v) is 6.26. The number of amidine groups is 1. The molecule has 18 heavy (non-hydrogen) atoms. The standard InChI is InChI=1S/C15H23N3/c1-15(2,10-17(3)4)11-18-9-12-7-5-6-8-13(12)14(18)16/h5-8,16H,9-11H2,1-4H3. The molecule has 0 amide bonds. The van der Waals surface area contributed by atoms with Crippen LogP contribution in [0.5, 0.6) is 0 Å². The van der Waals surface area contributed by atoms with Gasteiger partial charge in [0.25, 0.3) is 0 Å². The molecule has 0 unspecified atom stereocenters. The molecule has 1 aromatic carbocycles. The zero-order chi connectivity index (χ0) is 13.3. The van der Waals surface area contributed by atoms with Gasteiger partial charge in [-0.15, -0.1) is 0 Å². The molecule has 0 saturated heterocycles. The van der Waals surface area contributed by atoms with Crippen LogP contribution < -0.4 is 0 Å². The van der Waals surface area contributed by atoms with Gasteiger partial charge >= 0.3 is 0 Å². The summed E-state index contributed by atoms with van der Waals surface area (Å²) in [6, 6.07) is 8.25. The highest BCUT2D eigenvalue weighted by Gasteiger charge is 2.29. The first-order valence-electron chi connectivity index (χ1n) is 6.45. The van der Waals surface area contributed by atoms with E-state index < -0.39 is 0 Å². The van der Waals surface area contributed by atoms with E-state index in [1.165, 1.54) is 5.56 Å². The van der Waals surface area contributed by atoms with Gasteiger partial charge in [0.2, 0.25) is 0 Å². The molecule has 1 aliphatic rings. The van der Waals surface area contributed by atoms with Crippen LogP contribution in [0.3, 0.4) is 0 Å². The normalized spacial score (nSPS) is 15.4. The van der Waals surface area contributed by atoms with Gasteiger partial charge in [0.1, 0.15) is 5.84 Å². The number of hydrogen-bond donors (Lipinski definition) is 1. The number of rotatable bonds is 4. The third-order valence-electron chi connectivity index (χ3n) is 3.31. The smallest absolute Gasteiger partial charge is 0.128 e. The largest absolute Gasteiger partial charge is 0.352 e. The van der Waals surface area contributed by atoms with E-state index in [-0.39, 0.29) is 5.41 Å². The molecule has 0 aliphatic carbocycles. The molecule has 0 spiro atoms. The summed E-state index contributed by atoms with van der Waals surface area (Å²) in [4.78, 5) is 4.40. The van der Waals surface area contributed by atoms with Crippen LogP contribution in [0.25, 0.3) is 0 Å². The van der Waals surface area contributed by atoms with E-state index in [9.17, 15) is 0 Å². The maximum atomic E-state index is 8.26. The Morgan fingerprint density at radius 1 is 1.28 bits per heavy atom. The highest BCUT2D eigenvalue weighted by Crippen LogP contribution is 2.26. The number of nitrogens with one attached hydrogen (secondary N) is 1. The number of fused-ring (bicyclic) bond motifs is 1. The lowest BCUT2D eigenvalue weighted by molar-refractivity contribution is 0.189.